The first-order chi connectivity index (χ1) is 8.22. The van der Waals surface area contributed by atoms with Gasteiger partial charge >= 0.3 is 0 Å². The molecule has 2 aromatic rings. The van der Waals surface area contributed by atoms with Gasteiger partial charge in [-0.05, 0) is 42.5 Å². The Morgan fingerprint density at radius 1 is 1.29 bits per heavy atom. The average molecular weight is 228 g/mol. The highest BCUT2D eigenvalue weighted by Gasteiger charge is 2.11. The summed E-state index contributed by atoms with van der Waals surface area (Å²) in [5.74, 6) is 0.727. The second-order valence-corrected chi connectivity index (χ2v) is 4.57. The van der Waals surface area contributed by atoms with Crippen molar-refractivity contribution in [3.05, 3.63) is 35.5 Å². The van der Waals surface area contributed by atoms with E-state index in [-0.39, 0.29) is 0 Å². The van der Waals surface area contributed by atoms with Gasteiger partial charge in [-0.2, -0.15) is 5.10 Å². The van der Waals surface area contributed by atoms with E-state index in [1.807, 2.05) is 7.05 Å². The lowest BCUT2D eigenvalue weighted by Gasteiger charge is -2.06. The highest BCUT2D eigenvalue weighted by Crippen LogP contribution is 2.27. The van der Waals surface area contributed by atoms with Crippen LogP contribution in [0.2, 0.25) is 0 Å². The van der Waals surface area contributed by atoms with Gasteiger partial charge < -0.3 is 11.1 Å². The van der Waals surface area contributed by atoms with Crippen LogP contribution in [0, 0.1) is 0 Å². The van der Waals surface area contributed by atoms with Crippen LogP contribution >= 0.6 is 0 Å². The molecular weight excluding hydrogens is 212 g/mol. The topological polar surface area (TPSA) is 55.9 Å². The molecule has 0 atom stereocenters. The van der Waals surface area contributed by atoms with E-state index < -0.39 is 0 Å². The molecule has 0 amide bonds. The van der Waals surface area contributed by atoms with Crippen molar-refractivity contribution < 1.29 is 0 Å². The molecule has 3 N–H and O–H groups in total. The monoisotopic (exact) mass is 228 g/mol. The summed E-state index contributed by atoms with van der Waals surface area (Å²) in [6.45, 7) is 0. The van der Waals surface area contributed by atoms with Crippen LogP contribution in [0.3, 0.4) is 0 Å². The number of nitrogens with two attached hydrogens (primary N) is 1. The Morgan fingerprint density at radius 2 is 2.12 bits per heavy atom. The van der Waals surface area contributed by atoms with Crippen molar-refractivity contribution in [3.63, 3.8) is 0 Å². The third-order valence-corrected chi connectivity index (χ3v) is 3.22. The molecule has 0 saturated heterocycles. The first-order valence-electron chi connectivity index (χ1n) is 5.90. The lowest BCUT2D eigenvalue weighted by Crippen LogP contribution is -1.96. The molecule has 0 saturated carbocycles. The molecule has 1 aromatic carbocycles. The summed E-state index contributed by atoms with van der Waals surface area (Å²) in [7, 11) is 1.87. The molecule has 1 aliphatic carbocycles. The van der Waals surface area contributed by atoms with Crippen molar-refractivity contribution in [1.29, 1.82) is 0 Å². The van der Waals surface area contributed by atoms with Crippen molar-refractivity contribution in [2.75, 3.05) is 11.1 Å². The highest BCUT2D eigenvalue weighted by atomic mass is 15.3. The number of nitrogens with one attached hydrogen (secondary N) is 1. The van der Waals surface area contributed by atoms with E-state index in [2.05, 4.69) is 28.6 Å². The van der Waals surface area contributed by atoms with Gasteiger partial charge in [0.05, 0.1) is 5.69 Å². The lowest BCUT2D eigenvalue weighted by atomic mass is 10.1. The number of hydrogen-bond donors (Lipinski definition) is 2. The molecule has 17 heavy (non-hydrogen) atoms. The fourth-order valence-electron chi connectivity index (χ4n) is 2.39. The molecule has 1 aliphatic rings. The van der Waals surface area contributed by atoms with Gasteiger partial charge in [0.15, 0.2) is 5.82 Å². The standard InChI is InChI=1S/C13H16N4/c1-17-8-12(14)13(16-17)15-11-6-5-9-3-2-4-10(9)7-11/h5-8H,2-4,14H2,1H3,(H,15,16). The number of benzene rings is 1. The van der Waals surface area contributed by atoms with Crippen LogP contribution in [0.4, 0.5) is 17.2 Å². The molecule has 0 aliphatic heterocycles. The fourth-order valence-corrected chi connectivity index (χ4v) is 2.39. The molecule has 1 heterocycles. The fraction of sp³-hybridized carbons (Fsp3) is 0.308. The zero-order chi connectivity index (χ0) is 11.8. The van der Waals surface area contributed by atoms with E-state index in [4.69, 9.17) is 5.73 Å². The van der Waals surface area contributed by atoms with Crippen molar-refractivity contribution >= 4 is 17.2 Å². The summed E-state index contributed by atoms with van der Waals surface area (Å²) in [4.78, 5) is 0. The largest absolute Gasteiger partial charge is 0.394 e. The number of rotatable bonds is 2. The molecule has 0 unspecified atom stereocenters. The predicted octanol–water partition coefficient (Wildman–Crippen LogP) is 2.23. The number of fused-ring (bicyclic) bond motifs is 1. The van der Waals surface area contributed by atoms with Crippen LogP contribution < -0.4 is 11.1 Å². The lowest BCUT2D eigenvalue weighted by molar-refractivity contribution is 0.771. The minimum absolute atomic E-state index is 0.674. The molecule has 0 bridgehead atoms. The van der Waals surface area contributed by atoms with Crippen LogP contribution in [-0.4, -0.2) is 9.78 Å². The summed E-state index contributed by atoms with van der Waals surface area (Å²) in [6, 6.07) is 6.50. The predicted molar refractivity (Wildman–Crippen MR) is 69.4 cm³/mol. The van der Waals surface area contributed by atoms with Crippen molar-refractivity contribution in [2.45, 2.75) is 19.3 Å². The van der Waals surface area contributed by atoms with Crippen LogP contribution in [0.5, 0.6) is 0 Å². The Hall–Kier alpha value is -1.97. The molecule has 0 spiro atoms. The Morgan fingerprint density at radius 3 is 2.88 bits per heavy atom. The minimum atomic E-state index is 0.674. The van der Waals surface area contributed by atoms with Crippen LogP contribution in [0.15, 0.2) is 24.4 Å². The van der Waals surface area contributed by atoms with E-state index in [1.54, 1.807) is 10.9 Å². The van der Waals surface area contributed by atoms with Crippen LogP contribution in [0.25, 0.3) is 0 Å². The SMILES string of the molecule is Cn1cc(N)c(Nc2ccc3c(c2)CCC3)n1. The van der Waals surface area contributed by atoms with E-state index in [1.165, 1.54) is 30.4 Å². The number of nitrogens with zero attached hydrogens (tertiary/aromatic N) is 2. The molecule has 88 valence electrons. The molecule has 4 heteroatoms. The maximum Gasteiger partial charge on any atom is 0.175 e. The molecule has 3 rings (SSSR count). The van der Waals surface area contributed by atoms with Gasteiger partial charge in [-0.15, -0.1) is 0 Å². The second kappa shape index (κ2) is 3.80. The third kappa shape index (κ3) is 1.86. The smallest absolute Gasteiger partial charge is 0.175 e. The number of nitrogen functional groups attached to an aromatic ring is 1. The van der Waals surface area contributed by atoms with Crippen LogP contribution in [0.1, 0.15) is 17.5 Å². The number of anilines is 3. The zero-order valence-corrected chi connectivity index (χ0v) is 9.90. The maximum absolute atomic E-state index is 5.86. The molecule has 4 nitrogen and oxygen atoms in total. The van der Waals surface area contributed by atoms with E-state index in [9.17, 15) is 0 Å². The van der Waals surface area contributed by atoms with Crippen LogP contribution in [-0.2, 0) is 19.9 Å². The highest BCUT2D eigenvalue weighted by molar-refractivity contribution is 5.68. The number of hydrogen-bond acceptors (Lipinski definition) is 3. The summed E-state index contributed by atoms with van der Waals surface area (Å²) in [5.41, 5.74) is 10.5. The van der Waals surface area contributed by atoms with Gasteiger partial charge in [0.2, 0.25) is 0 Å². The Labute approximate surface area is 100 Å². The van der Waals surface area contributed by atoms with E-state index >= 15 is 0 Å². The van der Waals surface area contributed by atoms with Crippen molar-refractivity contribution in [2.24, 2.45) is 7.05 Å². The van der Waals surface area contributed by atoms with Crippen molar-refractivity contribution in [3.8, 4) is 0 Å². The molecule has 1 aromatic heterocycles. The second-order valence-electron chi connectivity index (χ2n) is 4.57. The number of aromatic nitrogens is 2. The summed E-state index contributed by atoms with van der Waals surface area (Å²) in [6.07, 6.45) is 5.46. The van der Waals surface area contributed by atoms with Gasteiger partial charge in [-0.3, -0.25) is 4.68 Å². The Balaban J connectivity index is 1.88. The molecule has 0 radical (unpaired) electrons. The molecular formula is C13H16N4. The van der Waals surface area contributed by atoms with Gasteiger partial charge in [0.25, 0.3) is 0 Å². The van der Waals surface area contributed by atoms with Gasteiger partial charge in [0, 0.05) is 18.9 Å². The summed E-state index contributed by atoms with van der Waals surface area (Å²) < 4.78 is 1.71. The van der Waals surface area contributed by atoms with Gasteiger partial charge in [0.1, 0.15) is 0 Å². The normalized spacial score (nSPS) is 13.7. The maximum atomic E-state index is 5.86. The number of aryl methyl sites for hydroxylation is 3. The van der Waals surface area contributed by atoms with Gasteiger partial charge in [-0.1, -0.05) is 6.07 Å². The van der Waals surface area contributed by atoms with E-state index in [0.717, 1.165) is 11.5 Å². The molecule has 0 fully saturated rings. The average Bonchev–Trinajstić information content (AvgIpc) is 2.85. The first kappa shape index (κ1) is 10.2. The zero-order valence-electron chi connectivity index (χ0n) is 9.90. The minimum Gasteiger partial charge on any atom is -0.394 e. The van der Waals surface area contributed by atoms with Gasteiger partial charge in [-0.25, -0.2) is 0 Å². The summed E-state index contributed by atoms with van der Waals surface area (Å²) in [5, 5.41) is 7.55. The van der Waals surface area contributed by atoms with Crippen molar-refractivity contribution in [1.82, 2.24) is 9.78 Å². The Bertz CT molecular complexity index is 557. The third-order valence-electron chi connectivity index (χ3n) is 3.22. The quantitative estimate of drug-likeness (QED) is 0.828. The van der Waals surface area contributed by atoms with E-state index in [0.29, 0.717) is 5.69 Å². The summed E-state index contributed by atoms with van der Waals surface area (Å²) >= 11 is 0. The first-order valence-corrected chi connectivity index (χ1v) is 5.90. The Kier molecular flexibility index (Phi) is 2.28.